The highest BCUT2D eigenvalue weighted by molar-refractivity contribution is 5.73. The average molecular weight is 342 g/mol. The van der Waals surface area contributed by atoms with E-state index in [4.69, 9.17) is 21.5 Å². The van der Waals surface area contributed by atoms with E-state index < -0.39 is 0 Å². The highest BCUT2D eigenvalue weighted by Crippen LogP contribution is 2.27. The number of hydrogen-bond donors (Lipinski definition) is 2. The molecule has 3 rings (SSSR count). The molecule has 1 aromatic heterocycles. The van der Waals surface area contributed by atoms with Gasteiger partial charge in [0.05, 0.1) is 17.3 Å². The summed E-state index contributed by atoms with van der Waals surface area (Å²) in [5.41, 5.74) is 14.0. The minimum Gasteiger partial charge on any atom is -0.489 e. The molecule has 0 amide bonds. The van der Waals surface area contributed by atoms with Gasteiger partial charge in [-0.25, -0.2) is 4.98 Å². The first kappa shape index (κ1) is 16.7. The number of hydrogen-bond acceptors (Lipinski definition) is 7. The molecule has 26 heavy (non-hydrogen) atoms. The van der Waals surface area contributed by atoms with Crippen molar-refractivity contribution in [3.8, 4) is 29.1 Å². The highest BCUT2D eigenvalue weighted by Gasteiger charge is 2.13. The largest absolute Gasteiger partial charge is 0.489 e. The Morgan fingerprint density at radius 2 is 1.65 bits per heavy atom. The third kappa shape index (κ3) is 3.37. The second kappa shape index (κ2) is 7.20. The van der Waals surface area contributed by atoms with E-state index in [2.05, 4.69) is 16.0 Å². The maximum absolute atomic E-state index is 9.26. The Kier molecular flexibility index (Phi) is 4.64. The molecule has 0 aliphatic rings. The second-order valence-corrected chi connectivity index (χ2v) is 5.38. The van der Waals surface area contributed by atoms with Crippen molar-refractivity contribution in [2.24, 2.45) is 0 Å². The van der Waals surface area contributed by atoms with Crippen molar-refractivity contribution in [3.63, 3.8) is 0 Å². The van der Waals surface area contributed by atoms with Crippen LogP contribution in [0.2, 0.25) is 0 Å². The van der Waals surface area contributed by atoms with Crippen LogP contribution in [-0.4, -0.2) is 9.97 Å². The van der Waals surface area contributed by atoms with Crippen molar-refractivity contribution < 1.29 is 4.74 Å². The van der Waals surface area contributed by atoms with Gasteiger partial charge < -0.3 is 16.2 Å². The van der Waals surface area contributed by atoms with E-state index in [-0.39, 0.29) is 23.9 Å². The predicted molar refractivity (Wildman–Crippen MR) is 96.5 cm³/mol. The standard InChI is InChI=1S/C19H14N6O/c20-9-13-3-1-2-4-14(13)11-26-15-7-5-12(6-8-15)17-16(10-21)18(22)25-19(23)24-17/h1-8H,11H2,(H4,22,23,24,25). The molecule has 0 aliphatic heterocycles. The minimum atomic E-state index is 0.00457. The number of nitrogens with zero attached hydrogens (tertiary/aromatic N) is 4. The molecule has 0 bridgehead atoms. The smallest absolute Gasteiger partial charge is 0.222 e. The van der Waals surface area contributed by atoms with Gasteiger partial charge in [-0.1, -0.05) is 18.2 Å². The monoisotopic (exact) mass is 342 g/mol. The van der Waals surface area contributed by atoms with Crippen molar-refractivity contribution in [2.75, 3.05) is 11.5 Å². The molecular formula is C19H14N6O. The van der Waals surface area contributed by atoms with Gasteiger partial charge in [-0.15, -0.1) is 0 Å². The van der Waals surface area contributed by atoms with Gasteiger partial charge in [0.2, 0.25) is 5.95 Å². The topological polar surface area (TPSA) is 135 Å². The lowest BCUT2D eigenvalue weighted by atomic mass is 10.1. The van der Waals surface area contributed by atoms with Crippen LogP contribution in [0.25, 0.3) is 11.3 Å². The third-order valence-corrected chi connectivity index (χ3v) is 3.73. The van der Waals surface area contributed by atoms with E-state index in [1.54, 1.807) is 30.3 Å². The lowest BCUT2D eigenvalue weighted by Gasteiger charge is -2.10. The van der Waals surface area contributed by atoms with Gasteiger partial charge in [-0.2, -0.15) is 15.5 Å². The van der Waals surface area contributed by atoms with Crippen molar-refractivity contribution in [3.05, 3.63) is 65.2 Å². The zero-order valence-electron chi connectivity index (χ0n) is 13.7. The lowest BCUT2D eigenvalue weighted by Crippen LogP contribution is -2.05. The summed E-state index contributed by atoms with van der Waals surface area (Å²) < 4.78 is 5.73. The Hall–Kier alpha value is -4.10. The molecule has 1 heterocycles. The molecular weight excluding hydrogens is 328 g/mol. The van der Waals surface area contributed by atoms with Crippen LogP contribution in [0.4, 0.5) is 11.8 Å². The summed E-state index contributed by atoms with van der Waals surface area (Å²) in [5.74, 6) is 0.670. The molecule has 0 atom stereocenters. The van der Waals surface area contributed by atoms with E-state index in [0.29, 0.717) is 22.6 Å². The van der Waals surface area contributed by atoms with Gasteiger partial charge in [0.1, 0.15) is 29.8 Å². The molecule has 2 aromatic carbocycles. The fraction of sp³-hybridized carbons (Fsp3) is 0.0526. The average Bonchev–Trinajstić information content (AvgIpc) is 2.66. The van der Waals surface area contributed by atoms with E-state index in [0.717, 1.165) is 5.56 Å². The van der Waals surface area contributed by atoms with Gasteiger partial charge in [0.15, 0.2) is 0 Å². The van der Waals surface area contributed by atoms with E-state index >= 15 is 0 Å². The maximum Gasteiger partial charge on any atom is 0.222 e. The van der Waals surface area contributed by atoms with E-state index in [9.17, 15) is 5.26 Å². The van der Waals surface area contributed by atoms with Crippen LogP contribution in [0.5, 0.6) is 5.75 Å². The van der Waals surface area contributed by atoms with Crippen LogP contribution < -0.4 is 16.2 Å². The number of rotatable bonds is 4. The predicted octanol–water partition coefficient (Wildman–Crippen LogP) is 2.63. The SMILES string of the molecule is N#Cc1ccccc1COc1ccc(-c2nc(N)nc(N)c2C#N)cc1. The van der Waals surface area contributed by atoms with Crippen LogP contribution in [0.1, 0.15) is 16.7 Å². The molecule has 7 heteroatoms. The van der Waals surface area contributed by atoms with Crippen LogP contribution in [-0.2, 0) is 6.61 Å². The summed E-state index contributed by atoms with van der Waals surface area (Å²) in [6, 6.07) is 18.4. The molecule has 0 unspecified atom stereocenters. The van der Waals surface area contributed by atoms with Gasteiger partial charge in [0, 0.05) is 11.1 Å². The number of anilines is 2. The van der Waals surface area contributed by atoms with Crippen LogP contribution in [0.15, 0.2) is 48.5 Å². The molecule has 0 saturated heterocycles. The summed E-state index contributed by atoms with van der Waals surface area (Å²) in [6.07, 6.45) is 0. The highest BCUT2D eigenvalue weighted by atomic mass is 16.5. The number of aromatic nitrogens is 2. The lowest BCUT2D eigenvalue weighted by molar-refractivity contribution is 0.306. The summed E-state index contributed by atoms with van der Waals surface area (Å²) in [4.78, 5) is 7.91. The first-order valence-corrected chi connectivity index (χ1v) is 7.66. The van der Waals surface area contributed by atoms with Crippen LogP contribution >= 0.6 is 0 Å². The quantitative estimate of drug-likeness (QED) is 0.744. The summed E-state index contributed by atoms with van der Waals surface area (Å²) in [7, 11) is 0. The first-order valence-electron chi connectivity index (χ1n) is 7.66. The molecule has 7 nitrogen and oxygen atoms in total. The first-order chi connectivity index (χ1) is 12.6. The number of nitrogen functional groups attached to an aromatic ring is 2. The van der Waals surface area contributed by atoms with Crippen molar-refractivity contribution >= 4 is 11.8 Å². The molecule has 0 aliphatic carbocycles. The molecule has 0 fully saturated rings. The second-order valence-electron chi connectivity index (χ2n) is 5.38. The Bertz CT molecular complexity index is 1030. The summed E-state index contributed by atoms with van der Waals surface area (Å²) in [6.45, 7) is 0.278. The summed E-state index contributed by atoms with van der Waals surface area (Å²) >= 11 is 0. The van der Waals surface area contributed by atoms with Gasteiger partial charge in [0.25, 0.3) is 0 Å². The van der Waals surface area contributed by atoms with Gasteiger partial charge >= 0.3 is 0 Å². The number of ether oxygens (including phenoxy) is 1. The van der Waals surface area contributed by atoms with E-state index in [1.165, 1.54) is 0 Å². The molecule has 3 aromatic rings. The molecule has 126 valence electrons. The number of nitrogens with two attached hydrogens (primary N) is 2. The van der Waals surface area contributed by atoms with Gasteiger partial charge in [-0.3, -0.25) is 0 Å². The zero-order valence-corrected chi connectivity index (χ0v) is 13.7. The molecule has 0 spiro atoms. The van der Waals surface area contributed by atoms with Crippen molar-refractivity contribution in [1.82, 2.24) is 9.97 Å². The molecule has 4 N–H and O–H groups in total. The number of benzene rings is 2. The minimum absolute atomic E-state index is 0.00457. The summed E-state index contributed by atoms with van der Waals surface area (Å²) in [5, 5.41) is 18.4. The Balaban J connectivity index is 1.82. The molecule has 0 radical (unpaired) electrons. The third-order valence-electron chi connectivity index (χ3n) is 3.73. The van der Waals surface area contributed by atoms with Crippen LogP contribution in [0.3, 0.4) is 0 Å². The van der Waals surface area contributed by atoms with Gasteiger partial charge in [-0.05, 0) is 30.3 Å². The molecule has 0 saturated carbocycles. The fourth-order valence-electron chi connectivity index (χ4n) is 2.44. The van der Waals surface area contributed by atoms with E-state index in [1.807, 2.05) is 24.3 Å². The van der Waals surface area contributed by atoms with Crippen LogP contribution in [0, 0.1) is 22.7 Å². The Morgan fingerprint density at radius 1 is 0.923 bits per heavy atom. The Morgan fingerprint density at radius 3 is 2.35 bits per heavy atom. The van der Waals surface area contributed by atoms with Crippen molar-refractivity contribution in [2.45, 2.75) is 6.61 Å². The Labute approximate surface area is 150 Å². The maximum atomic E-state index is 9.26. The zero-order chi connectivity index (χ0) is 18.5. The fourth-order valence-corrected chi connectivity index (χ4v) is 2.44. The normalized spacial score (nSPS) is 9.92. The number of nitriles is 2. The van der Waals surface area contributed by atoms with Crippen molar-refractivity contribution in [1.29, 1.82) is 10.5 Å².